The fourth-order valence-corrected chi connectivity index (χ4v) is 3.60. The summed E-state index contributed by atoms with van der Waals surface area (Å²) in [5, 5.41) is 8.89. The highest BCUT2D eigenvalue weighted by Gasteiger charge is 2.00. The van der Waals surface area contributed by atoms with E-state index in [9.17, 15) is 4.79 Å². The van der Waals surface area contributed by atoms with Crippen LogP contribution in [0.1, 0.15) is 63.4 Å². The first kappa shape index (κ1) is 25.7. The summed E-state index contributed by atoms with van der Waals surface area (Å²) in [5.41, 5.74) is 2.89. The molecule has 0 aliphatic rings. The molecule has 0 saturated heterocycles. The second-order valence-electron chi connectivity index (χ2n) is 7.70. The van der Waals surface area contributed by atoms with Crippen LogP contribution >= 0.6 is 15.9 Å². The van der Waals surface area contributed by atoms with Gasteiger partial charge in [-0.15, -0.1) is 0 Å². The van der Waals surface area contributed by atoms with Crippen LogP contribution in [-0.4, -0.2) is 19.2 Å². The van der Waals surface area contributed by atoms with Crippen molar-refractivity contribution in [3.8, 4) is 22.9 Å². The maximum Gasteiger partial charge on any atom is 0.331 e. The highest BCUT2D eigenvalue weighted by molar-refractivity contribution is 9.11. The van der Waals surface area contributed by atoms with Gasteiger partial charge in [-0.25, -0.2) is 4.79 Å². The Balaban J connectivity index is 1.45. The Morgan fingerprint density at radius 3 is 1.81 bits per heavy atom. The van der Waals surface area contributed by atoms with Crippen LogP contribution in [0.4, 0.5) is 0 Å². The first-order chi connectivity index (χ1) is 15.7. The second kappa shape index (κ2) is 16.1. The topological polar surface area (TPSA) is 59.3 Å². The van der Waals surface area contributed by atoms with Crippen molar-refractivity contribution in [2.45, 2.75) is 57.8 Å². The first-order valence-electron chi connectivity index (χ1n) is 11.4. The van der Waals surface area contributed by atoms with Crippen LogP contribution in [0.3, 0.4) is 0 Å². The van der Waals surface area contributed by atoms with Gasteiger partial charge in [-0.2, -0.15) is 5.26 Å². The van der Waals surface area contributed by atoms with Gasteiger partial charge in [-0.05, 0) is 53.2 Å². The predicted molar refractivity (Wildman–Crippen MR) is 133 cm³/mol. The van der Waals surface area contributed by atoms with Crippen LogP contribution in [0.5, 0.6) is 5.75 Å². The molecular formula is C27H32BrNO3. The lowest BCUT2D eigenvalue weighted by Gasteiger charge is -2.08. The molecule has 0 aliphatic carbocycles. The normalized spacial score (nSPS) is 10.8. The molecule has 0 spiro atoms. The number of rotatable bonds is 15. The Morgan fingerprint density at radius 2 is 1.28 bits per heavy atom. The molecule has 4 nitrogen and oxygen atoms in total. The molecule has 0 atom stereocenters. The maximum absolute atomic E-state index is 11.1. The van der Waals surface area contributed by atoms with E-state index in [0.29, 0.717) is 12.2 Å². The molecule has 0 saturated carbocycles. The average molecular weight is 498 g/mol. The Hall–Kier alpha value is -2.58. The van der Waals surface area contributed by atoms with Crippen molar-refractivity contribution in [1.29, 1.82) is 5.26 Å². The molecule has 0 aromatic heterocycles. The molecule has 0 amide bonds. The summed E-state index contributed by atoms with van der Waals surface area (Å²) in [7, 11) is 0. The molecule has 0 fully saturated rings. The number of unbranched alkanes of at least 4 members (excludes halogenated alkanes) is 8. The zero-order valence-corrected chi connectivity index (χ0v) is 20.2. The lowest BCUT2D eigenvalue weighted by Crippen LogP contribution is -2.01. The van der Waals surface area contributed by atoms with Crippen molar-refractivity contribution in [3.63, 3.8) is 0 Å². The van der Waals surface area contributed by atoms with Crippen LogP contribution in [0.15, 0.2) is 59.6 Å². The van der Waals surface area contributed by atoms with Gasteiger partial charge in [0, 0.05) is 6.08 Å². The number of nitriles is 1. The third kappa shape index (κ3) is 10.6. The van der Waals surface area contributed by atoms with Gasteiger partial charge in [0.25, 0.3) is 0 Å². The van der Waals surface area contributed by atoms with Gasteiger partial charge in [0.2, 0.25) is 0 Å². The molecule has 0 bridgehead atoms. The summed E-state index contributed by atoms with van der Waals surface area (Å²) < 4.78 is 10.9. The highest BCUT2D eigenvalue weighted by atomic mass is 79.9. The molecule has 0 heterocycles. The molecule has 5 heteroatoms. The standard InChI is InChI=1S/C27H32BrNO3/c28-19-18-27(30)32-21-9-7-5-3-1-2-4-6-8-20-31-26-16-14-25(15-17-26)24-12-10-23(22-29)11-13-24/h10-19H,1-9,20-21H2/b19-18+. The van der Waals surface area contributed by atoms with E-state index >= 15 is 0 Å². The zero-order chi connectivity index (χ0) is 22.9. The van der Waals surface area contributed by atoms with Gasteiger partial charge in [0.15, 0.2) is 0 Å². The molecule has 0 aliphatic heterocycles. The van der Waals surface area contributed by atoms with E-state index in [1.54, 1.807) is 0 Å². The van der Waals surface area contributed by atoms with Gasteiger partial charge < -0.3 is 9.47 Å². The third-order valence-electron chi connectivity index (χ3n) is 5.20. The van der Waals surface area contributed by atoms with Gasteiger partial charge in [-0.3, -0.25) is 0 Å². The van der Waals surface area contributed by atoms with Crippen LogP contribution < -0.4 is 4.74 Å². The molecule has 32 heavy (non-hydrogen) atoms. The smallest absolute Gasteiger partial charge is 0.331 e. The summed E-state index contributed by atoms with van der Waals surface area (Å²) in [6.07, 6.45) is 11.9. The Labute approximate surface area is 200 Å². The number of hydrogen-bond acceptors (Lipinski definition) is 4. The number of ether oxygens (including phenoxy) is 2. The fourth-order valence-electron chi connectivity index (χ4n) is 3.38. The Bertz CT molecular complexity index is 854. The van der Waals surface area contributed by atoms with Gasteiger partial charge in [-0.1, -0.05) is 85.1 Å². The van der Waals surface area contributed by atoms with Crippen molar-refractivity contribution in [1.82, 2.24) is 0 Å². The lowest BCUT2D eigenvalue weighted by molar-refractivity contribution is -0.137. The largest absolute Gasteiger partial charge is 0.494 e. The average Bonchev–Trinajstić information content (AvgIpc) is 2.82. The number of carbonyl (C=O) groups excluding carboxylic acids is 1. The lowest BCUT2D eigenvalue weighted by atomic mass is 10.0. The van der Waals surface area contributed by atoms with Crippen molar-refractivity contribution in [3.05, 3.63) is 65.2 Å². The summed E-state index contributed by atoms with van der Waals surface area (Å²) in [6, 6.07) is 17.9. The van der Waals surface area contributed by atoms with Gasteiger partial charge in [0.1, 0.15) is 5.75 Å². The van der Waals surface area contributed by atoms with Crippen LogP contribution in [-0.2, 0) is 9.53 Å². The number of halogens is 1. The number of nitrogens with zero attached hydrogens (tertiary/aromatic N) is 1. The molecule has 0 N–H and O–H groups in total. The zero-order valence-electron chi connectivity index (χ0n) is 18.6. The van der Waals surface area contributed by atoms with Crippen molar-refractivity contribution in [2.75, 3.05) is 13.2 Å². The molecule has 170 valence electrons. The van der Waals surface area contributed by atoms with E-state index in [-0.39, 0.29) is 5.97 Å². The number of hydrogen-bond donors (Lipinski definition) is 0. The SMILES string of the molecule is N#Cc1ccc(-c2ccc(OCCCCCCCCCCCOC(=O)/C=C/Br)cc2)cc1. The van der Waals surface area contributed by atoms with E-state index < -0.39 is 0 Å². The summed E-state index contributed by atoms with van der Waals surface area (Å²) >= 11 is 3.06. The van der Waals surface area contributed by atoms with Crippen molar-refractivity contribution >= 4 is 21.9 Å². The summed E-state index contributed by atoms with van der Waals surface area (Å²) in [6.45, 7) is 1.26. The van der Waals surface area contributed by atoms with E-state index in [0.717, 1.165) is 42.7 Å². The Kier molecular flexibility index (Phi) is 12.9. The van der Waals surface area contributed by atoms with Crippen LogP contribution in [0, 0.1) is 11.3 Å². The number of carbonyl (C=O) groups is 1. The first-order valence-corrected chi connectivity index (χ1v) is 12.3. The third-order valence-corrected chi connectivity index (χ3v) is 5.47. The minimum atomic E-state index is -0.286. The molecule has 0 radical (unpaired) electrons. The monoisotopic (exact) mass is 497 g/mol. The van der Waals surface area contributed by atoms with Gasteiger partial charge in [0.05, 0.1) is 24.8 Å². The minimum absolute atomic E-state index is 0.286. The maximum atomic E-state index is 11.1. The predicted octanol–water partition coefficient (Wildman–Crippen LogP) is 7.57. The van der Waals surface area contributed by atoms with Crippen molar-refractivity contribution in [2.24, 2.45) is 0 Å². The molecule has 0 unspecified atom stereocenters. The van der Waals surface area contributed by atoms with Crippen molar-refractivity contribution < 1.29 is 14.3 Å². The van der Waals surface area contributed by atoms with Crippen LogP contribution in [0.25, 0.3) is 11.1 Å². The Morgan fingerprint density at radius 1 is 0.781 bits per heavy atom. The molecule has 2 aromatic carbocycles. The molecule has 2 rings (SSSR count). The highest BCUT2D eigenvalue weighted by Crippen LogP contribution is 2.23. The number of esters is 1. The van der Waals surface area contributed by atoms with E-state index in [2.05, 4.69) is 34.1 Å². The van der Waals surface area contributed by atoms with Gasteiger partial charge >= 0.3 is 5.97 Å². The molecule has 2 aromatic rings. The summed E-state index contributed by atoms with van der Waals surface area (Å²) in [4.78, 5) is 12.6. The van der Waals surface area contributed by atoms with E-state index in [1.165, 1.54) is 49.6 Å². The summed E-state index contributed by atoms with van der Waals surface area (Å²) in [5.74, 6) is 0.613. The molecular weight excluding hydrogens is 466 g/mol. The van der Waals surface area contributed by atoms with E-state index in [4.69, 9.17) is 14.7 Å². The minimum Gasteiger partial charge on any atom is -0.494 e. The van der Waals surface area contributed by atoms with E-state index in [1.807, 2.05) is 36.4 Å². The fraction of sp³-hybridized carbons (Fsp3) is 0.407. The van der Waals surface area contributed by atoms with Crippen LogP contribution in [0.2, 0.25) is 0 Å². The number of benzene rings is 2. The second-order valence-corrected chi connectivity index (χ2v) is 8.23. The quantitative estimate of drug-likeness (QED) is 0.144.